The Hall–Kier alpha value is -2.41. The van der Waals surface area contributed by atoms with Gasteiger partial charge in [0.15, 0.2) is 5.84 Å². The Bertz CT molecular complexity index is 625. The summed E-state index contributed by atoms with van der Waals surface area (Å²) in [5.41, 5.74) is 9.10. The Kier molecular flexibility index (Phi) is 4.31. The monoisotopic (exact) mass is 290 g/mol. The zero-order valence-corrected chi connectivity index (χ0v) is 11.7. The SMILES string of the molecule is CN(Cc1cccc(C(N)=NO)c1)C(=O)c1cscn1. The summed E-state index contributed by atoms with van der Waals surface area (Å²) in [4.78, 5) is 17.6. The number of benzene rings is 1. The molecular formula is C13H14N4O2S. The Morgan fingerprint density at radius 2 is 2.35 bits per heavy atom. The predicted octanol–water partition coefficient (Wildman–Crippen LogP) is 1.51. The summed E-state index contributed by atoms with van der Waals surface area (Å²) in [6, 6.07) is 7.18. The van der Waals surface area contributed by atoms with Gasteiger partial charge in [-0.05, 0) is 11.6 Å². The number of aromatic nitrogens is 1. The second-order valence-corrected chi connectivity index (χ2v) is 4.94. The van der Waals surface area contributed by atoms with Gasteiger partial charge >= 0.3 is 0 Å². The second kappa shape index (κ2) is 6.16. The van der Waals surface area contributed by atoms with E-state index in [9.17, 15) is 4.79 Å². The van der Waals surface area contributed by atoms with Crippen LogP contribution in [0, 0.1) is 0 Å². The molecule has 0 aliphatic heterocycles. The molecule has 2 aromatic rings. The van der Waals surface area contributed by atoms with Crippen molar-refractivity contribution in [3.8, 4) is 0 Å². The van der Waals surface area contributed by atoms with Gasteiger partial charge in [0.05, 0.1) is 5.51 Å². The van der Waals surface area contributed by atoms with Gasteiger partial charge in [0.1, 0.15) is 5.69 Å². The number of hydrogen-bond donors (Lipinski definition) is 2. The standard InChI is InChI=1S/C13H14N4O2S/c1-17(13(18)11-7-20-8-15-11)6-9-3-2-4-10(5-9)12(14)16-19/h2-5,7-8,19H,6H2,1H3,(H2,14,16). The molecule has 0 aliphatic carbocycles. The van der Waals surface area contributed by atoms with E-state index in [1.165, 1.54) is 11.3 Å². The molecule has 2 rings (SSSR count). The minimum Gasteiger partial charge on any atom is -0.409 e. The average molecular weight is 290 g/mol. The molecule has 0 atom stereocenters. The van der Waals surface area contributed by atoms with Crippen molar-refractivity contribution in [3.05, 3.63) is 52.0 Å². The van der Waals surface area contributed by atoms with Gasteiger partial charge in [-0.25, -0.2) is 4.98 Å². The fraction of sp³-hybridized carbons (Fsp3) is 0.154. The van der Waals surface area contributed by atoms with Crippen molar-refractivity contribution in [1.29, 1.82) is 0 Å². The van der Waals surface area contributed by atoms with Crippen molar-refractivity contribution in [2.24, 2.45) is 10.9 Å². The molecule has 0 saturated heterocycles. The molecule has 3 N–H and O–H groups in total. The molecule has 0 saturated carbocycles. The number of carbonyl (C=O) groups excluding carboxylic acids is 1. The lowest BCUT2D eigenvalue weighted by atomic mass is 10.1. The van der Waals surface area contributed by atoms with Crippen LogP contribution in [0.5, 0.6) is 0 Å². The Morgan fingerprint density at radius 3 is 3.00 bits per heavy atom. The summed E-state index contributed by atoms with van der Waals surface area (Å²) in [5, 5.41) is 13.3. The minimum atomic E-state index is -0.138. The van der Waals surface area contributed by atoms with Crippen LogP contribution in [0.3, 0.4) is 0 Å². The van der Waals surface area contributed by atoms with E-state index in [1.807, 2.05) is 6.07 Å². The maximum Gasteiger partial charge on any atom is 0.273 e. The van der Waals surface area contributed by atoms with Crippen LogP contribution in [0.4, 0.5) is 0 Å². The third kappa shape index (κ3) is 3.12. The second-order valence-electron chi connectivity index (χ2n) is 4.22. The van der Waals surface area contributed by atoms with E-state index in [2.05, 4.69) is 10.1 Å². The van der Waals surface area contributed by atoms with Gasteiger partial charge in [-0.3, -0.25) is 4.79 Å². The van der Waals surface area contributed by atoms with Crippen molar-refractivity contribution < 1.29 is 10.0 Å². The number of nitrogens with zero attached hydrogens (tertiary/aromatic N) is 3. The average Bonchev–Trinajstić information content (AvgIpc) is 3.00. The first-order valence-corrected chi connectivity index (χ1v) is 6.76. The largest absolute Gasteiger partial charge is 0.409 e. The third-order valence-corrected chi connectivity index (χ3v) is 3.33. The van der Waals surface area contributed by atoms with Crippen molar-refractivity contribution in [3.63, 3.8) is 0 Å². The van der Waals surface area contributed by atoms with Crippen molar-refractivity contribution in [2.75, 3.05) is 7.05 Å². The lowest BCUT2D eigenvalue weighted by Crippen LogP contribution is -2.26. The van der Waals surface area contributed by atoms with E-state index >= 15 is 0 Å². The van der Waals surface area contributed by atoms with Crippen molar-refractivity contribution in [2.45, 2.75) is 6.54 Å². The zero-order chi connectivity index (χ0) is 14.5. The van der Waals surface area contributed by atoms with E-state index in [4.69, 9.17) is 10.9 Å². The summed E-state index contributed by atoms with van der Waals surface area (Å²) in [7, 11) is 1.71. The molecule has 0 unspecified atom stereocenters. The van der Waals surface area contributed by atoms with Gasteiger partial charge in [-0.2, -0.15) is 0 Å². The van der Waals surface area contributed by atoms with Crippen LogP contribution in [-0.2, 0) is 6.54 Å². The maximum atomic E-state index is 12.1. The van der Waals surface area contributed by atoms with Crippen molar-refractivity contribution in [1.82, 2.24) is 9.88 Å². The Labute approximate surface area is 120 Å². The fourth-order valence-electron chi connectivity index (χ4n) is 1.75. The predicted molar refractivity (Wildman–Crippen MR) is 76.9 cm³/mol. The van der Waals surface area contributed by atoms with E-state index in [0.717, 1.165) is 5.56 Å². The molecule has 0 spiro atoms. The minimum absolute atomic E-state index is 0.0420. The van der Waals surface area contributed by atoms with E-state index in [0.29, 0.717) is 17.8 Å². The molecule has 1 amide bonds. The number of amides is 1. The molecule has 0 bridgehead atoms. The van der Waals surface area contributed by atoms with Crippen LogP contribution >= 0.6 is 11.3 Å². The smallest absolute Gasteiger partial charge is 0.273 e. The summed E-state index contributed by atoms with van der Waals surface area (Å²) < 4.78 is 0. The number of thiazole rings is 1. The molecule has 20 heavy (non-hydrogen) atoms. The molecule has 7 heteroatoms. The number of amidine groups is 1. The Balaban J connectivity index is 2.12. The molecule has 0 aliphatic rings. The molecular weight excluding hydrogens is 276 g/mol. The van der Waals surface area contributed by atoms with Crippen LogP contribution in [0.1, 0.15) is 21.6 Å². The zero-order valence-electron chi connectivity index (χ0n) is 10.9. The number of nitrogens with two attached hydrogens (primary N) is 1. The lowest BCUT2D eigenvalue weighted by molar-refractivity contribution is 0.0780. The quantitative estimate of drug-likeness (QED) is 0.386. The van der Waals surface area contributed by atoms with Gasteiger partial charge in [-0.1, -0.05) is 23.4 Å². The molecule has 0 fully saturated rings. The highest BCUT2D eigenvalue weighted by Crippen LogP contribution is 2.10. The van der Waals surface area contributed by atoms with E-state index < -0.39 is 0 Å². The highest BCUT2D eigenvalue weighted by atomic mass is 32.1. The van der Waals surface area contributed by atoms with E-state index in [-0.39, 0.29) is 11.7 Å². The summed E-state index contributed by atoms with van der Waals surface area (Å²) in [6.45, 7) is 0.420. The molecule has 1 aromatic carbocycles. The lowest BCUT2D eigenvalue weighted by Gasteiger charge is -2.16. The number of hydrogen-bond acceptors (Lipinski definition) is 5. The van der Waals surface area contributed by atoms with Crippen LogP contribution < -0.4 is 5.73 Å². The van der Waals surface area contributed by atoms with E-state index in [1.54, 1.807) is 41.0 Å². The number of carbonyl (C=O) groups is 1. The Morgan fingerprint density at radius 1 is 1.55 bits per heavy atom. The van der Waals surface area contributed by atoms with Crippen LogP contribution in [-0.4, -0.2) is 33.9 Å². The molecule has 104 valence electrons. The van der Waals surface area contributed by atoms with Gasteiger partial charge in [0, 0.05) is 24.5 Å². The highest BCUT2D eigenvalue weighted by molar-refractivity contribution is 7.07. The third-order valence-electron chi connectivity index (χ3n) is 2.75. The molecule has 1 heterocycles. The van der Waals surface area contributed by atoms with Crippen LogP contribution in [0.15, 0.2) is 40.3 Å². The number of oxime groups is 1. The fourth-order valence-corrected chi connectivity index (χ4v) is 2.27. The van der Waals surface area contributed by atoms with Crippen LogP contribution in [0.2, 0.25) is 0 Å². The first-order valence-electron chi connectivity index (χ1n) is 5.82. The number of rotatable bonds is 4. The molecule has 1 aromatic heterocycles. The van der Waals surface area contributed by atoms with Gasteiger partial charge in [0.2, 0.25) is 0 Å². The van der Waals surface area contributed by atoms with Gasteiger partial charge < -0.3 is 15.8 Å². The normalized spacial score (nSPS) is 11.3. The van der Waals surface area contributed by atoms with Crippen LogP contribution in [0.25, 0.3) is 0 Å². The first kappa shape index (κ1) is 14.0. The summed E-state index contributed by atoms with van der Waals surface area (Å²) in [6.07, 6.45) is 0. The van der Waals surface area contributed by atoms with Crippen molar-refractivity contribution >= 4 is 23.1 Å². The van der Waals surface area contributed by atoms with Gasteiger partial charge in [0.25, 0.3) is 5.91 Å². The van der Waals surface area contributed by atoms with Gasteiger partial charge in [-0.15, -0.1) is 11.3 Å². The summed E-state index contributed by atoms with van der Waals surface area (Å²) >= 11 is 1.38. The molecule has 6 nitrogen and oxygen atoms in total. The summed E-state index contributed by atoms with van der Waals surface area (Å²) in [5.74, 6) is -0.0965. The maximum absolute atomic E-state index is 12.1. The topological polar surface area (TPSA) is 91.8 Å². The first-order chi connectivity index (χ1) is 9.61. The molecule has 0 radical (unpaired) electrons. The highest BCUT2D eigenvalue weighted by Gasteiger charge is 2.14.